The van der Waals surface area contributed by atoms with Crippen molar-refractivity contribution >= 4 is 11.7 Å². The topological polar surface area (TPSA) is 80.2 Å². The lowest BCUT2D eigenvalue weighted by Crippen LogP contribution is -2.24. The van der Waals surface area contributed by atoms with Gasteiger partial charge < -0.3 is 5.73 Å². The van der Waals surface area contributed by atoms with Crippen LogP contribution in [0, 0.1) is 5.92 Å². The number of carbonyl (C=O) groups is 1. The molecule has 0 spiro atoms. The molecule has 1 unspecified atom stereocenters. The standard InChI is InChI=1S/C9H10N4O/c1-4-6(8(10)14)3-11-9-7(4)5(2)12-13-9/h3-4H,1-2H3,(H2,10,14). The maximum Gasteiger partial charge on any atom is 0.246 e. The van der Waals surface area contributed by atoms with Gasteiger partial charge >= 0.3 is 0 Å². The first-order valence-corrected chi connectivity index (χ1v) is 4.32. The van der Waals surface area contributed by atoms with Crippen LogP contribution in [0.2, 0.25) is 0 Å². The molecule has 0 fully saturated rings. The molecule has 0 radical (unpaired) electrons. The first kappa shape index (κ1) is 8.80. The van der Waals surface area contributed by atoms with Crippen LogP contribution in [0.3, 0.4) is 0 Å². The SMILES string of the molecule is CC1=C2C(=NC=C(C(N)=O)C2C)N=N1. The maximum absolute atomic E-state index is 11.1. The van der Waals surface area contributed by atoms with E-state index in [1.165, 1.54) is 6.20 Å². The molecule has 0 aliphatic carbocycles. The maximum atomic E-state index is 11.1. The van der Waals surface area contributed by atoms with E-state index in [-0.39, 0.29) is 5.92 Å². The smallest absolute Gasteiger partial charge is 0.246 e. The van der Waals surface area contributed by atoms with Crippen molar-refractivity contribution in [3.8, 4) is 0 Å². The van der Waals surface area contributed by atoms with Crippen LogP contribution in [0.15, 0.2) is 38.3 Å². The molecule has 0 saturated carbocycles. The third-order valence-electron chi connectivity index (χ3n) is 2.44. The zero-order valence-corrected chi connectivity index (χ0v) is 7.98. The number of aliphatic imine (C=N–C) groups is 1. The fourth-order valence-electron chi connectivity index (χ4n) is 1.67. The van der Waals surface area contributed by atoms with Crippen molar-refractivity contribution in [2.75, 3.05) is 0 Å². The summed E-state index contributed by atoms with van der Waals surface area (Å²) in [5, 5.41) is 7.80. The van der Waals surface area contributed by atoms with Crippen LogP contribution in [-0.2, 0) is 4.79 Å². The Bertz CT molecular complexity index is 428. The predicted molar refractivity (Wildman–Crippen MR) is 51.4 cm³/mol. The van der Waals surface area contributed by atoms with Crippen LogP contribution in [0.5, 0.6) is 0 Å². The number of hydrogen-bond donors (Lipinski definition) is 1. The van der Waals surface area contributed by atoms with Gasteiger partial charge in [0.25, 0.3) is 0 Å². The lowest BCUT2D eigenvalue weighted by molar-refractivity contribution is -0.114. The quantitative estimate of drug-likeness (QED) is 0.661. The van der Waals surface area contributed by atoms with Crippen molar-refractivity contribution in [2.24, 2.45) is 26.9 Å². The van der Waals surface area contributed by atoms with E-state index in [9.17, 15) is 4.79 Å². The van der Waals surface area contributed by atoms with Gasteiger partial charge in [0.05, 0.1) is 5.70 Å². The van der Waals surface area contributed by atoms with Crippen LogP contribution >= 0.6 is 0 Å². The largest absolute Gasteiger partial charge is 0.366 e. The second kappa shape index (κ2) is 2.87. The number of nitrogens with two attached hydrogens (primary N) is 1. The average molecular weight is 190 g/mol. The Morgan fingerprint density at radius 2 is 2.21 bits per heavy atom. The number of fused-ring (bicyclic) bond motifs is 1. The summed E-state index contributed by atoms with van der Waals surface area (Å²) in [6.07, 6.45) is 1.48. The average Bonchev–Trinajstić information content (AvgIpc) is 2.48. The van der Waals surface area contributed by atoms with Crippen molar-refractivity contribution in [3.05, 3.63) is 23.0 Å². The highest BCUT2D eigenvalue weighted by Gasteiger charge is 2.29. The third kappa shape index (κ3) is 1.09. The van der Waals surface area contributed by atoms with Crippen LogP contribution < -0.4 is 5.73 Å². The summed E-state index contributed by atoms with van der Waals surface area (Å²) >= 11 is 0. The first-order valence-electron chi connectivity index (χ1n) is 4.32. The summed E-state index contributed by atoms with van der Waals surface area (Å²) in [7, 11) is 0. The van der Waals surface area contributed by atoms with Gasteiger partial charge in [-0.1, -0.05) is 6.92 Å². The minimum atomic E-state index is -0.438. The van der Waals surface area contributed by atoms with Gasteiger partial charge in [-0.3, -0.25) is 4.79 Å². The van der Waals surface area contributed by atoms with E-state index in [4.69, 9.17) is 5.73 Å². The molecule has 5 heteroatoms. The molecule has 2 heterocycles. The third-order valence-corrected chi connectivity index (χ3v) is 2.44. The summed E-state index contributed by atoms with van der Waals surface area (Å²) in [5.41, 5.74) is 7.45. The molecule has 2 aliphatic rings. The Labute approximate surface area is 81.1 Å². The molecule has 0 saturated heterocycles. The Morgan fingerprint density at radius 1 is 1.50 bits per heavy atom. The monoisotopic (exact) mass is 190 g/mol. The first-order chi connectivity index (χ1) is 6.61. The lowest BCUT2D eigenvalue weighted by atomic mass is 9.89. The number of amides is 1. The van der Waals surface area contributed by atoms with Crippen LogP contribution in [0.1, 0.15) is 13.8 Å². The Morgan fingerprint density at radius 3 is 2.86 bits per heavy atom. The van der Waals surface area contributed by atoms with E-state index in [2.05, 4.69) is 15.2 Å². The molecule has 1 atom stereocenters. The number of nitrogens with zero attached hydrogens (tertiary/aromatic N) is 3. The molecule has 0 bridgehead atoms. The van der Waals surface area contributed by atoms with Gasteiger partial charge in [-0.05, 0) is 6.92 Å². The molecule has 1 amide bonds. The summed E-state index contributed by atoms with van der Waals surface area (Å²) < 4.78 is 0. The molecule has 5 nitrogen and oxygen atoms in total. The minimum absolute atomic E-state index is 0.0602. The fraction of sp³-hybridized carbons (Fsp3) is 0.333. The Balaban J connectivity index is 2.49. The molecule has 72 valence electrons. The van der Waals surface area contributed by atoms with Crippen LogP contribution in [0.25, 0.3) is 0 Å². The number of rotatable bonds is 1. The Kier molecular flexibility index (Phi) is 1.80. The van der Waals surface area contributed by atoms with Crippen molar-refractivity contribution in [2.45, 2.75) is 13.8 Å². The van der Waals surface area contributed by atoms with Gasteiger partial charge in [0, 0.05) is 23.3 Å². The molecule has 2 rings (SSSR count). The highest BCUT2D eigenvalue weighted by Crippen LogP contribution is 2.32. The lowest BCUT2D eigenvalue weighted by Gasteiger charge is -2.17. The molecule has 2 N–H and O–H groups in total. The van der Waals surface area contributed by atoms with Crippen molar-refractivity contribution in [3.63, 3.8) is 0 Å². The van der Waals surface area contributed by atoms with Crippen LogP contribution in [0.4, 0.5) is 0 Å². The molecule has 2 aliphatic heterocycles. The van der Waals surface area contributed by atoms with Gasteiger partial charge in [0.2, 0.25) is 5.91 Å². The molecule has 0 aromatic rings. The van der Waals surface area contributed by atoms with E-state index in [0.29, 0.717) is 11.4 Å². The Hall–Kier alpha value is -1.78. The van der Waals surface area contributed by atoms with E-state index in [0.717, 1.165) is 11.3 Å². The van der Waals surface area contributed by atoms with E-state index in [1.807, 2.05) is 13.8 Å². The van der Waals surface area contributed by atoms with Crippen molar-refractivity contribution in [1.29, 1.82) is 0 Å². The minimum Gasteiger partial charge on any atom is -0.366 e. The molecular weight excluding hydrogens is 180 g/mol. The second-order valence-electron chi connectivity index (χ2n) is 3.32. The van der Waals surface area contributed by atoms with E-state index < -0.39 is 5.91 Å². The summed E-state index contributed by atoms with van der Waals surface area (Å²) in [6, 6.07) is 0. The van der Waals surface area contributed by atoms with Gasteiger partial charge in [0.1, 0.15) is 0 Å². The molecule has 0 aromatic heterocycles. The number of azo groups is 1. The normalized spacial score (nSPS) is 24.6. The van der Waals surface area contributed by atoms with Crippen molar-refractivity contribution < 1.29 is 4.79 Å². The summed E-state index contributed by atoms with van der Waals surface area (Å²) in [4.78, 5) is 15.1. The van der Waals surface area contributed by atoms with Crippen molar-refractivity contribution in [1.82, 2.24) is 0 Å². The predicted octanol–water partition coefficient (Wildman–Crippen LogP) is 1.14. The number of primary amides is 1. The van der Waals surface area contributed by atoms with Gasteiger partial charge in [-0.25, -0.2) is 4.99 Å². The molecule has 0 aromatic carbocycles. The number of carbonyl (C=O) groups excluding carboxylic acids is 1. The van der Waals surface area contributed by atoms with Gasteiger partial charge in [0.15, 0.2) is 5.84 Å². The highest BCUT2D eigenvalue weighted by atomic mass is 16.1. The second-order valence-corrected chi connectivity index (χ2v) is 3.32. The fourth-order valence-corrected chi connectivity index (χ4v) is 1.67. The zero-order valence-electron chi connectivity index (χ0n) is 7.98. The van der Waals surface area contributed by atoms with Crippen LogP contribution in [-0.4, -0.2) is 11.7 Å². The van der Waals surface area contributed by atoms with Gasteiger partial charge in [-0.15, -0.1) is 5.11 Å². The molecular formula is C9H10N4O. The number of allylic oxidation sites excluding steroid dienone is 1. The zero-order chi connectivity index (χ0) is 10.3. The molecule has 14 heavy (non-hydrogen) atoms. The van der Waals surface area contributed by atoms with E-state index in [1.54, 1.807) is 0 Å². The van der Waals surface area contributed by atoms with Gasteiger partial charge in [-0.2, -0.15) is 5.11 Å². The number of amidine groups is 1. The highest BCUT2D eigenvalue weighted by molar-refractivity contribution is 6.06. The summed E-state index contributed by atoms with van der Waals surface area (Å²) in [6.45, 7) is 3.75. The summed E-state index contributed by atoms with van der Waals surface area (Å²) in [5.74, 6) is 0.0995. The van der Waals surface area contributed by atoms with E-state index >= 15 is 0 Å². The number of hydrogen-bond acceptors (Lipinski definition) is 4.